The predicted octanol–water partition coefficient (Wildman–Crippen LogP) is 1.96. The Balaban J connectivity index is 2.59. The number of amides is 1. The molecule has 1 aromatic rings. The molecule has 18 heavy (non-hydrogen) atoms. The van der Waals surface area contributed by atoms with Crippen molar-refractivity contribution in [3.63, 3.8) is 0 Å². The molecule has 0 fully saturated rings. The third-order valence-electron chi connectivity index (χ3n) is 2.14. The highest BCUT2D eigenvalue weighted by molar-refractivity contribution is 6.29. The van der Waals surface area contributed by atoms with E-state index in [0.29, 0.717) is 0 Å². The molecule has 0 aliphatic rings. The molecule has 98 valence electrons. The molecule has 1 rings (SSSR count). The maximum absolute atomic E-state index is 11.7. The maximum atomic E-state index is 11.7. The van der Waals surface area contributed by atoms with E-state index < -0.39 is 11.4 Å². The van der Waals surface area contributed by atoms with E-state index in [0.717, 1.165) is 0 Å². The van der Waals surface area contributed by atoms with E-state index in [1.165, 1.54) is 12.3 Å². The van der Waals surface area contributed by atoms with Gasteiger partial charge in [0.15, 0.2) is 0 Å². The van der Waals surface area contributed by atoms with Gasteiger partial charge in [0.2, 0.25) is 11.9 Å². The van der Waals surface area contributed by atoms with E-state index in [9.17, 15) is 9.59 Å². The van der Waals surface area contributed by atoms with Crippen LogP contribution in [0.3, 0.4) is 0 Å². The van der Waals surface area contributed by atoms with Gasteiger partial charge in [-0.15, -0.1) is 0 Å². The number of aliphatic carboxylic acids is 1. The summed E-state index contributed by atoms with van der Waals surface area (Å²) in [5, 5.41) is 11.4. The fraction of sp³-hybridized carbons (Fsp3) is 0.455. The monoisotopic (exact) mass is 271 g/mol. The highest BCUT2D eigenvalue weighted by Crippen LogP contribution is 2.25. The minimum absolute atomic E-state index is 0.0647. The molecule has 7 heteroatoms. The first kappa shape index (κ1) is 14.4. The number of hydrogen-bond acceptors (Lipinski definition) is 4. The number of anilines is 1. The number of carboxylic acid groups (broad SMARTS) is 1. The molecule has 0 spiro atoms. The van der Waals surface area contributed by atoms with Gasteiger partial charge < -0.3 is 5.11 Å². The van der Waals surface area contributed by atoms with Crippen molar-refractivity contribution in [2.75, 3.05) is 5.32 Å². The summed E-state index contributed by atoms with van der Waals surface area (Å²) >= 11 is 5.65. The molecule has 0 aliphatic heterocycles. The third kappa shape index (κ3) is 5.09. The third-order valence-corrected chi connectivity index (χ3v) is 2.35. The van der Waals surface area contributed by atoms with Crippen LogP contribution < -0.4 is 5.32 Å². The summed E-state index contributed by atoms with van der Waals surface area (Å²) in [7, 11) is 0. The topological polar surface area (TPSA) is 92.2 Å². The molecule has 2 N–H and O–H groups in total. The molecule has 0 atom stereocenters. The quantitative estimate of drug-likeness (QED) is 0.799. The first-order chi connectivity index (χ1) is 8.28. The maximum Gasteiger partial charge on any atom is 0.303 e. The minimum Gasteiger partial charge on any atom is -0.481 e. The van der Waals surface area contributed by atoms with Crippen LogP contribution in [0.1, 0.15) is 26.7 Å². The first-order valence-electron chi connectivity index (χ1n) is 5.29. The molecule has 0 unspecified atom stereocenters. The zero-order valence-electron chi connectivity index (χ0n) is 10.1. The Labute approximate surface area is 109 Å². The Morgan fingerprint density at radius 3 is 2.67 bits per heavy atom. The van der Waals surface area contributed by atoms with Crippen LogP contribution in [0.2, 0.25) is 5.15 Å². The van der Waals surface area contributed by atoms with Crippen molar-refractivity contribution in [1.82, 2.24) is 9.97 Å². The van der Waals surface area contributed by atoms with Crippen molar-refractivity contribution in [3.05, 3.63) is 17.4 Å². The smallest absolute Gasteiger partial charge is 0.303 e. The van der Waals surface area contributed by atoms with Gasteiger partial charge in [0.05, 0.1) is 6.42 Å². The van der Waals surface area contributed by atoms with Gasteiger partial charge in [-0.05, 0) is 11.5 Å². The Morgan fingerprint density at radius 2 is 2.11 bits per heavy atom. The summed E-state index contributed by atoms with van der Waals surface area (Å²) in [5.41, 5.74) is -0.630. The van der Waals surface area contributed by atoms with Crippen LogP contribution >= 0.6 is 11.6 Å². The van der Waals surface area contributed by atoms with Crippen molar-refractivity contribution in [3.8, 4) is 0 Å². The van der Waals surface area contributed by atoms with E-state index >= 15 is 0 Å². The number of hydrogen-bond donors (Lipinski definition) is 2. The Kier molecular flexibility index (Phi) is 4.61. The average Bonchev–Trinajstić information content (AvgIpc) is 2.13. The lowest BCUT2D eigenvalue weighted by Gasteiger charge is -2.21. The average molecular weight is 272 g/mol. The molecule has 1 amide bonds. The zero-order chi connectivity index (χ0) is 13.8. The number of nitrogens with one attached hydrogen (secondary N) is 1. The van der Waals surface area contributed by atoms with E-state index in [2.05, 4.69) is 15.3 Å². The first-order valence-corrected chi connectivity index (χ1v) is 5.66. The lowest BCUT2D eigenvalue weighted by molar-refractivity contribution is -0.139. The number of halogens is 1. The number of carboxylic acids is 1. The summed E-state index contributed by atoms with van der Waals surface area (Å²) in [6.45, 7) is 3.42. The van der Waals surface area contributed by atoms with Gasteiger partial charge in [0, 0.05) is 12.6 Å². The second-order valence-electron chi connectivity index (χ2n) is 4.66. The summed E-state index contributed by atoms with van der Waals surface area (Å²) in [5.74, 6) is -1.17. The highest BCUT2D eigenvalue weighted by atomic mass is 35.5. The Bertz CT molecular complexity index is 463. The summed E-state index contributed by atoms with van der Waals surface area (Å²) < 4.78 is 0. The SMILES string of the molecule is CC(C)(CC(=O)O)CC(=O)Nc1nccc(Cl)n1. The molecule has 0 saturated heterocycles. The van der Waals surface area contributed by atoms with Crippen LogP contribution in [0.15, 0.2) is 12.3 Å². The van der Waals surface area contributed by atoms with E-state index in [1.54, 1.807) is 13.8 Å². The van der Waals surface area contributed by atoms with E-state index in [-0.39, 0.29) is 29.9 Å². The zero-order valence-corrected chi connectivity index (χ0v) is 10.9. The normalized spacial score (nSPS) is 11.1. The van der Waals surface area contributed by atoms with Gasteiger partial charge in [-0.1, -0.05) is 25.4 Å². The molecule has 0 saturated carbocycles. The van der Waals surface area contributed by atoms with Crippen LogP contribution in [0, 0.1) is 5.41 Å². The number of nitrogens with zero attached hydrogens (tertiary/aromatic N) is 2. The van der Waals surface area contributed by atoms with Gasteiger partial charge in [0.25, 0.3) is 0 Å². The van der Waals surface area contributed by atoms with Crippen molar-refractivity contribution >= 4 is 29.4 Å². The molecule has 6 nitrogen and oxygen atoms in total. The minimum atomic E-state index is -0.938. The molecule has 1 heterocycles. The van der Waals surface area contributed by atoms with Crippen molar-refractivity contribution < 1.29 is 14.7 Å². The number of carbonyl (C=O) groups excluding carboxylic acids is 1. The number of rotatable bonds is 5. The predicted molar refractivity (Wildman–Crippen MR) is 66.3 cm³/mol. The van der Waals surface area contributed by atoms with Crippen LogP contribution in [0.5, 0.6) is 0 Å². The fourth-order valence-corrected chi connectivity index (χ4v) is 1.61. The van der Waals surface area contributed by atoms with Crippen LogP contribution in [0.4, 0.5) is 5.95 Å². The Hall–Kier alpha value is -1.69. The molecular formula is C11H14ClN3O3. The molecule has 1 aromatic heterocycles. The van der Waals surface area contributed by atoms with Gasteiger partial charge in [-0.25, -0.2) is 9.97 Å². The summed E-state index contributed by atoms with van der Waals surface area (Å²) in [6.07, 6.45) is 1.40. The second kappa shape index (κ2) is 5.77. The fourth-order valence-electron chi connectivity index (χ4n) is 1.47. The van der Waals surface area contributed by atoms with Gasteiger partial charge in [-0.3, -0.25) is 14.9 Å². The molecule has 0 bridgehead atoms. The Morgan fingerprint density at radius 1 is 1.44 bits per heavy atom. The molecule has 0 aromatic carbocycles. The van der Waals surface area contributed by atoms with Crippen molar-refractivity contribution in [1.29, 1.82) is 0 Å². The number of carbonyl (C=O) groups is 2. The molecular weight excluding hydrogens is 258 g/mol. The summed E-state index contributed by atoms with van der Waals surface area (Å²) in [6, 6.07) is 1.49. The standard InChI is InChI=1S/C11H14ClN3O3/c1-11(2,6-9(17)18)5-8(16)15-10-13-4-3-7(12)14-10/h3-4H,5-6H2,1-2H3,(H,17,18)(H,13,14,15,16). The van der Waals surface area contributed by atoms with E-state index in [4.69, 9.17) is 16.7 Å². The van der Waals surface area contributed by atoms with Crippen molar-refractivity contribution in [2.45, 2.75) is 26.7 Å². The van der Waals surface area contributed by atoms with Crippen LogP contribution in [-0.4, -0.2) is 27.0 Å². The largest absolute Gasteiger partial charge is 0.481 e. The van der Waals surface area contributed by atoms with Gasteiger partial charge in [-0.2, -0.15) is 0 Å². The summed E-state index contributed by atoms with van der Waals surface area (Å²) in [4.78, 5) is 30.0. The van der Waals surface area contributed by atoms with Crippen LogP contribution in [-0.2, 0) is 9.59 Å². The van der Waals surface area contributed by atoms with E-state index in [1.807, 2.05) is 0 Å². The highest BCUT2D eigenvalue weighted by Gasteiger charge is 2.25. The second-order valence-corrected chi connectivity index (χ2v) is 5.05. The van der Waals surface area contributed by atoms with Gasteiger partial charge in [0.1, 0.15) is 5.15 Å². The number of aromatic nitrogens is 2. The molecule has 0 aliphatic carbocycles. The lowest BCUT2D eigenvalue weighted by Crippen LogP contribution is -2.25. The van der Waals surface area contributed by atoms with Crippen molar-refractivity contribution in [2.24, 2.45) is 5.41 Å². The van der Waals surface area contributed by atoms with Crippen LogP contribution in [0.25, 0.3) is 0 Å². The van der Waals surface area contributed by atoms with Gasteiger partial charge >= 0.3 is 5.97 Å². The molecule has 0 radical (unpaired) electrons. The lowest BCUT2D eigenvalue weighted by atomic mass is 9.85.